The normalized spacial score (nSPS) is 21.3. The number of nitrogens with zero attached hydrogens (tertiary/aromatic N) is 4. The summed E-state index contributed by atoms with van der Waals surface area (Å²) >= 11 is 0. The average Bonchev–Trinajstić information content (AvgIpc) is 2.91. The van der Waals surface area contributed by atoms with Crippen LogP contribution in [0.25, 0.3) is 5.65 Å². The van der Waals surface area contributed by atoms with Gasteiger partial charge in [-0.1, -0.05) is 0 Å². The number of hydrogen-bond donors (Lipinski definition) is 0. The molecule has 1 unspecified atom stereocenters. The van der Waals surface area contributed by atoms with Crippen molar-refractivity contribution in [1.82, 2.24) is 14.6 Å². The van der Waals surface area contributed by atoms with Gasteiger partial charge in [-0.3, -0.25) is 10.1 Å². The van der Waals surface area contributed by atoms with Gasteiger partial charge in [-0.15, -0.1) is 0 Å². The zero-order valence-corrected chi connectivity index (χ0v) is 11.3. The van der Waals surface area contributed by atoms with Crippen LogP contribution in [0, 0.1) is 16.0 Å². The summed E-state index contributed by atoms with van der Waals surface area (Å²) in [5.74, 6) is 0.944. The first-order chi connectivity index (χ1) is 9.43. The molecule has 0 radical (unpaired) electrons. The molecule has 2 aromatic heterocycles. The predicted molar refractivity (Wildman–Crippen MR) is 70.1 cm³/mol. The van der Waals surface area contributed by atoms with Gasteiger partial charge in [0.1, 0.15) is 6.20 Å². The lowest BCUT2D eigenvalue weighted by molar-refractivity contribution is -0.385. The van der Waals surface area contributed by atoms with Crippen molar-refractivity contribution in [3.63, 3.8) is 0 Å². The van der Waals surface area contributed by atoms with Crippen LogP contribution >= 0.6 is 0 Å². The molecule has 1 fully saturated rings. The van der Waals surface area contributed by atoms with Crippen LogP contribution in [0.5, 0.6) is 0 Å². The van der Waals surface area contributed by atoms with Crippen molar-refractivity contribution in [2.24, 2.45) is 5.92 Å². The highest BCUT2D eigenvalue weighted by Crippen LogP contribution is 2.22. The second kappa shape index (κ2) is 4.51. The standard InChI is InChI=1S/C11H12N4O4S/c16-15(17)9-1-2-11-12-10(13-14(11)6-9)5-8-3-4-20(18,19)7-8/h1-2,6,8H,3-5,7H2. The first-order valence-corrected chi connectivity index (χ1v) is 7.95. The van der Waals surface area contributed by atoms with E-state index < -0.39 is 14.8 Å². The van der Waals surface area contributed by atoms with Crippen LogP contribution in [0.1, 0.15) is 12.2 Å². The number of fused-ring (bicyclic) bond motifs is 1. The molecular weight excluding hydrogens is 284 g/mol. The fourth-order valence-electron chi connectivity index (χ4n) is 2.40. The van der Waals surface area contributed by atoms with E-state index in [-0.39, 0.29) is 23.1 Å². The maximum absolute atomic E-state index is 11.4. The summed E-state index contributed by atoms with van der Waals surface area (Å²) in [6, 6.07) is 2.90. The van der Waals surface area contributed by atoms with E-state index in [9.17, 15) is 18.5 Å². The molecule has 106 valence electrons. The highest BCUT2D eigenvalue weighted by molar-refractivity contribution is 7.91. The molecule has 20 heavy (non-hydrogen) atoms. The van der Waals surface area contributed by atoms with E-state index in [2.05, 4.69) is 10.1 Å². The second-order valence-electron chi connectivity index (χ2n) is 4.95. The van der Waals surface area contributed by atoms with Gasteiger partial charge in [0, 0.05) is 12.5 Å². The topological polar surface area (TPSA) is 107 Å². The molecule has 0 aliphatic carbocycles. The minimum absolute atomic E-state index is 0.0346. The van der Waals surface area contributed by atoms with E-state index in [1.165, 1.54) is 22.8 Å². The van der Waals surface area contributed by atoms with Gasteiger partial charge in [-0.2, -0.15) is 5.10 Å². The zero-order chi connectivity index (χ0) is 14.3. The molecule has 1 aliphatic rings. The summed E-state index contributed by atoms with van der Waals surface area (Å²) in [7, 11) is -2.92. The van der Waals surface area contributed by atoms with Gasteiger partial charge in [0.25, 0.3) is 5.69 Å². The fraction of sp³-hybridized carbons (Fsp3) is 0.455. The fourth-order valence-corrected chi connectivity index (χ4v) is 4.27. The van der Waals surface area contributed by atoms with Gasteiger partial charge in [0.15, 0.2) is 21.3 Å². The lowest BCUT2D eigenvalue weighted by atomic mass is 10.1. The van der Waals surface area contributed by atoms with E-state index >= 15 is 0 Å². The number of rotatable bonds is 3. The molecule has 8 nitrogen and oxygen atoms in total. The van der Waals surface area contributed by atoms with E-state index in [1.54, 1.807) is 0 Å². The Morgan fingerprint density at radius 2 is 2.25 bits per heavy atom. The minimum Gasteiger partial charge on any atom is -0.258 e. The monoisotopic (exact) mass is 296 g/mol. The number of nitro groups is 1. The van der Waals surface area contributed by atoms with Gasteiger partial charge in [0.05, 0.1) is 16.4 Å². The molecule has 3 heterocycles. The third kappa shape index (κ3) is 2.48. The van der Waals surface area contributed by atoms with Crippen LogP contribution in [0.3, 0.4) is 0 Å². The Kier molecular flexibility index (Phi) is 2.93. The minimum atomic E-state index is -2.92. The first kappa shape index (κ1) is 13.0. The highest BCUT2D eigenvalue weighted by atomic mass is 32.2. The van der Waals surface area contributed by atoms with E-state index in [0.717, 1.165) is 0 Å². The Labute approximate surface area is 114 Å². The molecule has 0 bridgehead atoms. The van der Waals surface area contributed by atoms with Crippen LogP contribution in [-0.2, 0) is 16.3 Å². The summed E-state index contributed by atoms with van der Waals surface area (Å²) in [5, 5.41) is 14.9. The van der Waals surface area contributed by atoms with Crippen molar-refractivity contribution in [1.29, 1.82) is 0 Å². The van der Waals surface area contributed by atoms with Crippen LogP contribution in [0.2, 0.25) is 0 Å². The number of pyridine rings is 1. The summed E-state index contributed by atoms with van der Waals surface area (Å²) < 4.78 is 24.2. The third-order valence-electron chi connectivity index (χ3n) is 3.37. The molecule has 1 atom stereocenters. The molecule has 1 aliphatic heterocycles. The van der Waals surface area contributed by atoms with Crippen molar-refractivity contribution in [3.8, 4) is 0 Å². The van der Waals surface area contributed by atoms with Gasteiger partial charge in [-0.05, 0) is 18.4 Å². The van der Waals surface area contributed by atoms with Crippen molar-refractivity contribution < 1.29 is 13.3 Å². The van der Waals surface area contributed by atoms with Gasteiger partial charge in [0.2, 0.25) is 0 Å². The smallest absolute Gasteiger partial charge is 0.258 e. The lowest BCUT2D eigenvalue weighted by Gasteiger charge is -2.01. The predicted octanol–water partition coefficient (Wildman–Crippen LogP) is 0.615. The molecule has 0 spiro atoms. The van der Waals surface area contributed by atoms with E-state index in [1.807, 2.05) is 0 Å². The Bertz CT molecular complexity index is 783. The van der Waals surface area contributed by atoms with Gasteiger partial charge in [-0.25, -0.2) is 17.9 Å². The van der Waals surface area contributed by atoms with Crippen molar-refractivity contribution in [3.05, 3.63) is 34.3 Å². The molecular formula is C11H12N4O4S. The molecule has 0 N–H and O–H groups in total. The lowest BCUT2D eigenvalue weighted by Crippen LogP contribution is -2.08. The van der Waals surface area contributed by atoms with Gasteiger partial charge < -0.3 is 0 Å². The number of aromatic nitrogens is 3. The third-order valence-corrected chi connectivity index (χ3v) is 5.21. The van der Waals surface area contributed by atoms with E-state index in [4.69, 9.17) is 0 Å². The second-order valence-corrected chi connectivity index (χ2v) is 7.18. The molecule has 9 heteroatoms. The van der Waals surface area contributed by atoms with Crippen LogP contribution in [-0.4, -0.2) is 39.4 Å². The van der Waals surface area contributed by atoms with Crippen molar-refractivity contribution in [2.75, 3.05) is 11.5 Å². The van der Waals surface area contributed by atoms with Crippen LogP contribution in [0.15, 0.2) is 18.3 Å². The summed E-state index contributed by atoms with van der Waals surface area (Å²) in [4.78, 5) is 14.4. The van der Waals surface area contributed by atoms with Crippen LogP contribution < -0.4 is 0 Å². The number of hydrogen-bond acceptors (Lipinski definition) is 6. The number of sulfone groups is 1. The Morgan fingerprint density at radius 3 is 2.90 bits per heavy atom. The molecule has 0 saturated carbocycles. The first-order valence-electron chi connectivity index (χ1n) is 6.13. The molecule has 3 rings (SSSR count). The Balaban J connectivity index is 1.84. The van der Waals surface area contributed by atoms with Gasteiger partial charge >= 0.3 is 0 Å². The summed E-state index contributed by atoms with van der Waals surface area (Å²) in [6.45, 7) is 0. The van der Waals surface area contributed by atoms with E-state index in [0.29, 0.717) is 24.3 Å². The maximum atomic E-state index is 11.4. The molecule has 1 saturated heterocycles. The van der Waals surface area contributed by atoms with Crippen LogP contribution in [0.4, 0.5) is 5.69 Å². The largest absolute Gasteiger partial charge is 0.287 e. The maximum Gasteiger partial charge on any atom is 0.287 e. The summed E-state index contributed by atoms with van der Waals surface area (Å²) in [5.41, 5.74) is 0.462. The Morgan fingerprint density at radius 1 is 1.45 bits per heavy atom. The molecule has 0 aromatic carbocycles. The van der Waals surface area contributed by atoms with Crippen molar-refractivity contribution in [2.45, 2.75) is 12.8 Å². The summed E-state index contributed by atoms with van der Waals surface area (Å²) in [6.07, 6.45) is 2.41. The zero-order valence-electron chi connectivity index (χ0n) is 10.5. The molecule has 0 amide bonds. The molecule has 2 aromatic rings. The Hall–Kier alpha value is -2.03. The quantitative estimate of drug-likeness (QED) is 0.606. The average molecular weight is 296 g/mol. The SMILES string of the molecule is O=[N+]([O-])c1ccc2nc(CC3CCS(=O)(=O)C3)nn2c1. The van der Waals surface area contributed by atoms with Crippen molar-refractivity contribution >= 4 is 21.2 Å². The highest BCUT2D eigenvalue weighted by Gasteiger charge is 2.28.